The van der Waals surface area contributed by atoms with Crippen LogP contribution in [0.4, 0.5) is 0 Å². The van der Waals surface area contributed by atoms with Crippen LogP contribution in [0.5, 0.6) is 0 Å². The van der Waals surface area contributed by atoms with Crippen LogP contribution in [0.3, 0.4) is 0 Å². The minimum atomic E-state index is -2.39. The molecule has 0 radical (unpaired) electrons. The first-order valence-electron chi connectivity index (χ1n) is 25.4. The maximum atomic E-state index is 14.7. The van der Waals surface area contributed by atoms with Crippen molar-refractivity contribution in [3.05, 3.63) is 53.9 Å². The summed E-state index contributed by atoms with van der Waals surface area (Å²) in [6.45, 7) is 13.2. The van der Waals surface area contributed by atoms with Crippen molar-refractivity contribution >= 4 is 29.0 Å². The van der Waals surface area contributed by atoms with Gasteiger partial charge in [-0.05, 0) is 123 Å². The summed E-state index contributed by atoms with van der Waals surface area (Å²) in [5, 5.41) is 35.3. The van der Waals surface area contributed by atoms with Crippen LogP contribution < -0.4 is 0 Å². The molecule has 0 aromatic carbocycles. The summed E-state index contributed by atoms with van der Waals surface area (Å²) in [5.41, 5.74) is 1.33. The van der Waals surface area contributed by atoms with Crippen LogP contribution in [-0.4, -0.2) is 135 Å². The van der Waals surface area contributed by atoms with E-state index in [1.165, 1.54) is 12.0 Å². The van der Waals surface area contributed by atoms with Crippen LogP contribution in [0.2, 0.25) is 0 Å². The molecular weight excluding hydrogens is 883 g/mol. The molecule has 1 aromatic rings. The number of Topliss-reactive ketones (excluding diaryl/α,β-unsaturated/α-hetero) is 4. The van der Waals surface area contributed by atoms with E-state index in [0.717, 1.165) is 24.8 Å². The van der Waals surface area contributed by atoms with E-state index >= 15 is 0 Å². The predicted molar refractivity (Wildman–Crippen MR) is 259 cm³/mol. The Bertz CT molecular complexity index is 2020. The average molecular weight is 964 g/mol. The summed E-state index contributed by atoms with van der Waals surface area (Å²) in [6, 6.07) is -0.941. The predicted octanol–water partition coefficient (Wildman–Crippen LogP) is 6.71. The number of ether oxygens (including phenoxy) is 4. The minimum absolute atomic E-state index is 0.00722. The van der Waals surface area contributed by atoms with Gasteiger partial charge in [-0.1, -0.05) is 71.1 Å². The minimum Gasteiger partial charge on any atom is -0.386 e. The van der Waals surface area contributed by atoms with Crippen molar-refractivity contribution in [3.63, 3.8) is 0 Å². The van der Waals surface area contributed by atoms with Gasteiger partial charge in [0.05, 0.1) is 30.4 Å². The molecule has 1 aromatic heterocycles. The molecule has 16 nitrogen and oxygen atoms in total. The van der Waals surface area contributed by atoms with Crippen molar-refractivity contribution in [1.82, 2.24) is 25.1 Å². The molecule has 1 saturated carbocycles. The Kier molecular flexibility index (Phi) is 20.9. The molecule has 3 aliphatic heterocycles. The number of rotatable bonds is 7. The summed E-state index contributed by atoms with van der Waals surface area (Å²) in [5.74, 6) is -7.08. The van der Waals surface area contributed by atoms with Crippen LogP contribution in [0.25, 0.3) is 0 Å². The highest BCUT2D eigenvalue weighted by molar-refractivity contribution is 6.39. The maximum Gasteiger partial charge on any atom is 0.296 e. The number of fused-ring (bicyclic) bond motifs is 3. The average Bonchev–Trinajstić information content (AvgIpc) is 3.88. The second-order valence-corrected chi connectivity index (χ2v) is 20.8. The summed E-state index contributed by atoms with van der Waals surface area (Å²) >= 11 is 0. The molecule has 2 saturated heterocycles. The van der Waals surface area contributed by atoms with Crippen LogP contribution in [-0.2, 0) is 42.9 Å². The van der Waals surface area contributed by atoms with E-state index in [1.54, 1.807) is 52.1 Å². The molecular formula is C53H81N5O11. The number of aliphatic hydroxyl groups excluding tert-OH is 1. The largest absolute Gasteiger partial charge is 0.386 e. The quantitative estimate of drug-likeness (QED) is 0.215. The summed E-state index contributed by atoms with van der Waals surface area (Å²) < 4.78 is 25.4. The Balaban J connectivity index is 1.46. The molecule has 69 heavy (non-hydrogen) atoms. The third-order valence-corrected chi connectivity index (χ3v) is 15.7. The van der Waals surface area contributed by atoms with Gasteiger partial charge in [0.2, 0.25) is 5.79 Å². The standard InChI is InChI=1S/C53H81N5O11/c1-32-16-12-11-13-17-33(2)46(66-8)30-41-21-19-38(7)53(65,69-41)51(63)52(64)57-23-15-14-18-42(57)45(60)29-40(34(3)26-39-20-22-43(47(27-39)67-9)58-31-54-55-56-58)28-44(59)35(4)25-37(6)49(62)50(68-10)48(61)36(5)24-32/h11-13,16-17,25,31-32,34-36,38-43,46-47,49-50,62,65H,14-15,18-24,26-30H2,1-10H3/b13-11-,16-12+,33-17+,37-25+/t32-,34-,35-,36-,38-,39+,40+,41+,42+,43+,46+,47-,49-,50+,53-/m1/s1. The van der Waals surface area contributed by atoms with E-state index < -0.39 is 71.6 Å². The topological polar surface area (TPSA) is 210 Å². The second kappa shape index (κ2) is 25.9. The first-order chi connectivity index (χ1) is 32.8. The highest BCUT2D eigenvalue weighted by Crippen LogP contribution is 2.40. The Morgan fingerprint density at radius 3 is 2.28 bits per heavy atom. The Hall–Kier alpha value is -4.06. The van der Waals surface area contributed by atoms with Gasteiger partial charge in [-0.3, -0.25) is 24.0 Å². The van der Waals surface area contributed by atoms with Gasteiger partial charge >= 0.3 is 0 Å². The zero-order valence-corrected chi connectivity index (χ0v) is 42.8. The number of nitrogens with zero attached hydrogens (tertiary/aromatic N) is 5. The molecule has 0 unspecified atom stereocenters. The van der Waals surface area contributed by atoms with Crippen LogP contribution in [0.15, 0.2) is 53.9 Å². The van der Waals surface area contributed by atoms with E-state index in [4.69, 9.17) is 18.9 Å². The number of carbonyl (C=O) groups is 5. The molecule has 4 aliphatic rings. The van der Waals surface area contributed by atoms with Crippen molar-refractivity contribution in [1.29, 1.82) is 0 Å². The zero-order valence-electron chi connectivity index (χ0n) is 42.8. The third-order valence-electron chi connectivity index (χ3n) is 15.7. The second-order valence-electron chi connectivity index (χ2n) is 20.8. The van der Waals surface area contributed by atoms with E-state index in [0.29, 0.717) is 56.9 Å². The van der Waals surface area contributed by atoms with Gasteiger partial charge in [-0.15, -0.1) is 5.10 Å². The lowest BCUT2D eigenvalue weighted by Gasteiger charge is -2.43. The van der Waals surface area contributed by atoms with Crippen molar-refractivity contribution in [2.45, 2.75) is 180 Å². The van der Waals surface area contributed by atoms with Gasteiger partial charge in [0.1, 0.15) is 24.3 Å². The van der Waals surface area contributed by atoms with Crippen molar-refractivity contribution in [2.75, 3.05) is 27.9 Å². The smallest absolute Gasteiger partial charge is 0.296 e. The summed E-state index contributed by atoms with van der Waals surface area (Å²) in [7, 11) is 4.67. The van der Waals surface area contributed by atoms with Gasteiger partial charge in [0, 0.05) is 64.9 Å². The number of aliphatic hydroxyl groups is 2. The number of methoxy groups -OCH3 is 3. The normalized spacial score (nSPS) is 38.9. The highest BCUT2D eigenvalue weighted by atomic mass is 16.6. The molecule has 2 bridgehead atoms. The number of tetrazole rings is 1. The number of allylic oxidation sites excluding steroid dienone is 6. The number of carbonyl (C=O) groups excluding carboxylic acids is 5. The maximum absolute atomic E-state index is 14.7. The Labute approximate surface area is 409 Å². The highest BCUT2D eigenvalue weighted by Gasteiger charge is 2.53. The molecule has 1 aliphatic carbocycles. The van der Waals surface area contributed by atoms with Crippen molar-refractivity contribution < 1.29 is 53.1 Å². The summed E-state index contributed by atoms with van der Waals surface area (Å²) in [6.07, 6.45) is 15.9. The lowest BCUT2D eigenvalue weighted by Crippen LogP contribution is -2.60. The number of piperidine rings is 1. The fourth-order valence-electron chi connectivity index (χ4n) is 11.2. The van der Waals surface area contributed by atoms with E-state index in [2.05, 4.69) is 22.4 Å². The SMILES string of the molecule is CO[C@H]1C[C@@H]2CC[C@@H](C)[C@@](O)(O2)C(=O)C(=O)N2CCCC[C@H]2C(=O)C[C@@H]([C@H](C)C[C@@H]2CC[C@H](n3cnnn3)[C@H](OC)C2)CC(=O)[C@H](C)/C=C(\C)[C@@H](O)[C@@H](OC)C(=O)[C@H](C)C[C@H](C)/C=C/C=C\C=C\1C. The van der Waals surface area contributed by atoms with Gasteiger partial charge in [-0.2, -0.15) is 0 Å². The van der Waals surface area contributed by atoms with Crippen LogP contribution in [0, 0.1) is 41.4 Å². The van der Waals surface area contributed by atoms with Gasteiger partial charge in [-0.25, -0.2) is 4.68 Å². The van der Waals surface area contributed by atoms with E-state index in [1.807, 2.05) is 51.2 Å². The lowest BCUT2D eigenvalue weighted by molar-refractivity contribution is -0.265. The molecule has 1 amide bonds. The molecule has 5 rings (SSSR count). The summed E-state index contributed by atoms with van der Waals surface area (Å²) in [4.78, 5) is 72.8. The first-order valence-corrected chi connectivity index (χ1v) is 25.4. The molecule has 0 spiro atoms. The lowest BCUT2D eigenvalue weighted by atomic mass is 9.73. The van der Waals surface area contributed by atoms with Gasteiger partial charge in [0.15, 0.2) is 11.6 Å². The number of ketones is 4. The van der Waals surface area contributed by atoms with Crippen LogP contribution >= 0.6 is 0 Å². The Morgan fingerprint density at radius 2 is 1.59 bits per heavy atom. The molecule has 3 fully saturated rings. The zero-order chi connectivity index (χ0) is 50.6. The molecule has 15 atom stereocenters. The molecule has 384 valence electrons. The van der Waals surface area contributed by atoms with E-state index in [9.17, 15) is 34.2 Å². The fourth-order valence-corrected chi connectivity index (χ4v) is 11.2. The molecule has 2 N–H and O–H groups in total. The van der Waals surface area contributed by atoms with Gasteiger partial charge in [0.25, 0.3) is 11.7 Å². The van der Waals surface area contributed by atoms with Gasteiger partial charge < -0.3 is 34.1 Å². The first kappa shape index (κ1) is 55.9. The van der Waals surface area contributed by atoms with Crippen LogP contribution in [0.1, 0.15) is 138 Å². The van der Waals surface area contributed by atoms with Crippen molar-refractivity contribution in [2.24, 2.45) is 41.4 Å². The monoisotopic (exact) mass is 964 g/mol. The third kappa shape index (κ3) is 14.3. The molecule has 4 heterocycles. The van der Waals surface area contributed by atoms with Crippen molar-refractivity contribution in [3.8, 4) is 0 Å². The number of aromatic nitrogens is 4. The number of amides is 1. The fraction of sp³-hybridized carbons (Fsp3) is 0.736. The Morgan fingerprint density at radius 1 is 0.855 bits per heavy atom. The number of hydrogen-bond donors (Lipinski definition) is 2. The number of hydrogen-bond acceptors (Lipinski definition) is 14. The molecule has 16 heteroatoms. The van der Waals surface area contributed by atoms with E-state index in [-0.39, 0.29) is 66.6 Å².